The van der Waals surface area contributed by atoms with Gasteiger partial charge in [0.25, 0.3) is 0 Å². The van der Waals surface area contributed by atoms with Gasteiger partial charge in [0.15, 0.2) is 0 Å². The molecule has 0 aromatic heterocycles. The van der Waals surface area contributed by atoms with Crippen molar-refractivity contribution in [3.05, 3.63) is 58.1 Å². The van der Waals surface area contributed by atoms with Crippen molar-refractivity contribution in [2.45, 2.75) is 39.2 Å². The SMILES string of the molecule is CCCCCCOc1cccc(NCc2ccc(Cl)cc2Cl)c1. The molecule has 0 spiro atoms. The van der Waals surface area contributed by atoms with Crippen molar-refractivity contribution < 1.29 is 4.74 Å². The highest BCUT2D eigenvalue weighted by atomic mass is 35.5. The van der Waals surface area contributed by atoms with Gasteiger partial charge in [-0.3, -0.25) is 0 Å². The Morgan fingerprint density at radius 2 is 1.87 bits per heavy atom. The Kier molecular flexibility index (Phi) is 7.57. The van der Waals surface area contributed by atoms with Gasteiger partial charge >= 0.3 is 0 Å². The molecule has 0 saturated heterocycles. The van der Waals surface area contributed by atoms with Gasteiger partial charge in [-0.2, -0.15) is 0 Å². The first-order valence-electron chi connectivity index (χ1n) is 8.09. The van der Waals surface area contributed by atoms with E-state index in [0.29, 0.717) is 16.6 Å². The molecule has 2 rings (SSSR count). The van der Waals surface area contributed by atoms with Crippen LogP contribution in [0.3, 0.4) is 0 Å². The first kappa shape index (κ1) is 18.0. The highest BCUT2D eigenvalue weighted by Crippen LogP contribution is 2.23. The summed E-state index contributed by atoms with van der Waals surface area (Å²) < 4.78 is 5.80. The predicted octanol–water partition coefficient (Wildman–Crippen LogP) is 6.56. The maximum atomic E-state index is 6.19. The van der Waals surface area contributed by atoms with Crippen LogP contribution in [-0.2, 0) is 6.54 Å². The molecular formula is C19H23Cl2NO. The molecule has 23 heavy (non-hydrogen) atoms. The molecule has 0 heterocycles. The van der Waals surface area contributed by atoms with Crippen LogP contribution in [0.5, 0.6) is 5.75 Å². The van der Waals surface area contributed by atoms with E-state index >= 15 is 0 Å². The van der Waals surface area contributed by atoms with Crippen LogP contribution >= 0.6 is 23.2 Å². The van der Waals surface area contributed by atoms with Crippen molar-refractivity contribution in [3.63, 3.8) is 0 Å². The summed E-state index contributed by atoms with van der Waals surface area (Å²) in [5.74, 6) is 0.897. The molecule has 0 atom stereocenters. The van der Waals surface area contributed by atoms with Gasteiger partial charge in [0.1, 0.15) is 5.75 Å². The van der Waals surface area contributed by atoms with Gasteiger partial charge in [-0.25, -0.2) is 0 Å². The highest BCUT2D eigenvalue weighted by molar-refractivity contribution is 6.35. The van der Waals surface area contributed by atoms with Gasteiger partial charge in [-0.1, -0.05) is 61.5 Å². The number of halogens is 2. The second-order valence-electron chi connectivity index (χ2n) is 5.53. The van der Waals surface area contributed by atoms with Crippen LogP contribution in [0.2, 0.25) is 10.0 Å². The summed E-state index contributed by atoms with van der Waals surface area (Å²) >= 11 is 12.1. The summed E-state index contributed by atoms with van der Waals surface area (Å²) in [5.41, 5.74) is 2.03. The average Bonchev–Trinajstić information content (AvgIpc) is 2.54. The van der Waals surface area contributed by atoms with E-state index in [-0.39, 0.29) is 0 Å². The molecule has 0 amide bonds. The lowest BCUT2D eigenvalue weighted by atomic mass is 10.2. The smallest absolute Gasteiger partial charge is 0.121 e. The molecule has 0 aliphatic carbocycles. The molecule has 2 nitrogen and oxygen atoms in total. The Labute approximate surface area is 148 Å². The van der Waals surface area contributed by atoms with Gasteiger partial charge in [-0.05, 0) is 36.2 Å². The maximum absolute atomic E-state index is 6.19. The Bertz CT molecular complexity index is 616. The summed E-state index contributed by atoms with van der Waals surface area (Å²) in [5, 5.41) is 4.69. The zero-order valence-electron chi connectivity index (χ0n) is 13.4. The number of ether oxygens (including phenoxy) is 1. The molecule has 2 aromatic carbocycles. The largest absolute Gasteiger partial charge is 0.494 e. The normalized spacial score (nSPS) is 10.6. The number of nitrogens with one attached hydrogen (secondary N) is 1. The van der Waals surface area contributed by atoms with Crippen molar-refractivity contribution in [2.75, 3.05) is 11.9 Å². The lowest BCUT2D eigenvalue weighted by molar-refractivity contribution is 0.305. The Morgan fingerprint density at radius 3 is 2.65 bits per heavy atom. The van der Waals surface area contributed by atoms with E-state index in [1.165, 1.54) is 19.3 Å². The van der Waals surface area contributed by atoms with Crippen LogP contribution in [0, 0.1) is 0 Å². The predicted molar refractivity (Wildman–Crippen MR) is 99.9 cm³/mol. The van der Waals surface area contributed by atoms with Crippen molar-refractivity contribution >= 4 is 28.9 Å². The van der Waals surface area contributed by atoms with Gasteiger partial charge in [-0.15, -0.1) is 0 Å². The van der Waals surface area contributed by atoms with Crippen LogP contribution in [0.15, 0.2) is 42.5 Å². The van der Waals surface area contributed by atoms with Gasteiger partial charge in [0.05, 0.1) is 6.61 Å². The van der Waals surface area contributed by atoms with E-state index < -0.39 is 0 Å². The van der Waals surface area contributed by atoms with Crippen LogP contribution in [0.25, 0.3) is 0 Å². The van der Waals surface area contributed by atoms with Crippen molar-refractivity contribution in [3.8, 4) is 5.75 Å². The fourth-order valence-corrected chi connectivity index (χ4v) is 2.75. The molecular weight excluding hydrogens is 329 g/mol. The third-order valence-corrected chi connectivity index (χ3v) is 4.19. The Balaban J connectivity index is 1.84. The zero-order chi connectivity index (χ0) is 16.5. The molecule has 0 aliphatic heterocycles. The zero-order valence-corrected chi connectivity index (χ0v) is 15.0. The van der Waals surface area contributed by atoms with Gasteiger partial charge < -0.3 is 10.1 Å². The summed E-state index contributed by atoms with van der Waals surface area (Å²) in [4.78, 5) is 0. The molecule has 4 heteroatoms. The number of anilines is 1. The molecule has 0 radical (unpaired) electrons. The Morgan fingerprint density at radius 1 is 1.00 bits per heavy atom. The maximum Gasteiger partial charge on any atom is 0.121 e. The number of rotatable bonds is 9. The van der Waals surface area contributed by atoms with E-state index in [9.17, 15) is 0 Å². The summed E-state index contributed by atoms with van der Waals surface area (Å²) in [7, 11) is 0. The van der Waals surface area contributed by atoms with E-state index in [0.717, 1.165) is 30.0 Å². The van der Waals surface area contributed by atoms with Gasteiger partial charge in [0, 0.05) is 28.3 Å². The molecule has 2 aromatic rings. The Hall–Kier alpha value is -1.38. The van der Waals surface area contributed by atoms with Crippen molar-refractivity contribution in [2.24, 2.45) is 0 Å². The first-order chi connectivity index (χ1) is 11.2. The molecule has 0 unspecified atom stereocenters. The molecule has 124 valence electrons. The average molecular weight is 352 g/mol. The van der Waals surface area contributed by atoms with E-state index in [4.69, 9.17) is 27.9 Å². The summed E-state index contributed by atoms with van der Waals surface area (Å²) in [6.07, 6.45) is 4.84. The molecule has 0 fully saturated rings. The molecule has 1 N–H and O–H groups in total. The minimum atomic E-state index is 0.649. The van der Waals surface area contributed by atoms with Crippen LogP contribution < -0.4 is 10.1 Å². The molecule has 0 aliphatic rings. The van der Waals surface area contributed by atoms with E-state index in [1.54, 1.807) is 6.07 Å². The summed E-state index contributed by atoms with van der Waals surface area (Å²) in [6.45, 7) is 3.63. The third kappa shape index (κ3) is 6.32. The number of hydrogen-bond donors (Lipinski definition) is 1. The fraction of sp³-hybridized carbons (Fsp3) is 0.368. The lowest BCUT2D eigenvalue weighted by Crippen LogP contribution is -2.01. The lowest BCUT2D eigenvalue weighted by Gasteiger charge is -2.11. The van der Waals surface area contributed by atoms with Gasteiger partial charge in [0.2, 0.25) is 0 Å². The number of hydrogen-bond acceptors (Lipinski definition) is 2. The van der Waals surface area contributed by atoms with Crippen LogP contribution in [-0.4, -0.2) is 6.61 Å². The van der Waals surface area contributed by atoms with Crippen LogP contribution in [0.1, 0.15) is 38.2 Å². The number of benzene rings is 2. The minimum Gasteiger partial charge on any atom is -0.494 e. The van der Waals surface area contributed by atoms with E-state index in [1.807, 2.05) is 36.4 Å². The topological polar surface area (TPSA) is 21.3 Å². The van der Waals surface area contributed by atoms with Crippen molar-refractivity contribution in [1.29, 1.82) is 0 Å². The third-order valence-electron chi connectivity index (χ3n) is 3.60. The monoisotopic (exact) mass is 351 g/mol. The second-order valence-corrected chi connectivity index (χ2v) is 6.37. The van der Waals surface area contributed by atoms with E-state index in [2.05, 4.69) is 12.2 Å². The summed E-state index contributed by atoms with van der Waals surface area (Å²) in [6, 6.07) is 13.6. The number of unbranched alkanes of at least 4 members (excludes halogenated alkanes) is 3. The standard InChI is InChI=1S/C19H23Cl2NO/c1-2-3-4-5-11-23-18-8-6-7-17(13-18)22-14-15-9-10-16(20)12-19(15)21/h6-10,12-13,22H,2-5,11,14H2,1H3. The molecule has 0 bridgehead atoms. The quantitative estimate of drug-likeness (QED) is 0.516. The minimum absolute atomic E-state index is 0.649. The van der Waals surface area contributed by atoms with Crippen LogP contribution in [0.4, 0.5) is 5.69 Å². The first-order valence-corrected chi connectivity index (χ1v) is 8.85. The van der Waals surface area contributed by atoms with Crippen molar-refractivity contribution in [1.82, 2.24) is 0 Å². The molecule has 0 saturated carbocycles. The highest BCUT2D eigenvalue weighted by Gasteiger charge is 2.02. The fourth-order valence-electron chi connectivity index (χ4n) is 2.28. The second kappa shape index (κ2) is 9.69.